The van der Waals surface area contributed by atoms with E-state index in [2.05, 4.69) is 14.8 Å². The molecule has 0 saturated heterocycles. The van der Waals surface area contributed by atoms with Gasteiger partial charge in [0.1, 0.15) is 4.90 Å². The van der Waals surface area contributed by atoms with Crippen LogP contribution < -0.4 is 15.3 Å². The molecule has 0 aliphatic rings. The third-order valence-electron chi connectivity index (χ3n) is 2.95. The lowest BCUT2D eigenvalue weighted by Crippen LogP contribution is -2.25. The average Bonchev–Trinajstić information content (AvgIpc) is 2.93. The number of sulfonamides is 1. The number of hydrogen-bond donors (Lipinski definition) is 3. The Kier molecular flexibility index (Phi) is 4.61. The lowest BCUT2D eigenvalue weighted by molar-refractivity contribution is 0.576. The number of aromatic nitrogens is 3. The maximum Gasteiger partial charge on any atom is 0.304 e. The average molecular weight is 331 g/mol. The fraction of sp³-hybridized carbons (Fsp3) is 0.455. The first-order valence-corrected chi connectivity index (χ1v) is 8.62. The molecule has 0 aliphatic carbocycles. The molecule has 116 valence electrons. The normalized spacial score (nSPS) is 12.0. The highest BCUT2D eigenvalue weighted by Crippen LogP contribution is 2.19. The molecule has 10 heteroatoms. The number of aromatic amines is 1. The molecular formula is C11H17N5O3S2. The summed E-state index contributed by atoms with van der Waals surface area (Å²) in [6.45, 7) is 4.20. The molecule has 21 heavy (non-hydrogen) atoms. The maximum atomic E-state index is 12.4. The molecule has 0 amide bonds. The molecule has 0 fully saturated rings. The van der Waals surface area contributed by atoms with E-state index < -0.39 is 10.0 Å². The van der Waals surface area contributed by atoms with Gasteiger partial charge < -0.3 is 10.7 Å². The van der Waals surface area contributed by atoms with Crippen molar-refractivity contribution in [1.29, 1.82) is 0 Å². The molecule has 2 heterocycles. The molecule has 0 aromatic carbocycles. The van der Waals surface area contributed by atoms with Gasteiger partial charge in [-0.2, -0.15) is 5.10 Å². The number of nitrogens with one attached hydrogen (secondary N) is 2. The summed E-state index contributed by atoms with van der Waals surface area (Å²) < 4.78 is 28.8. The highest BCUT2D eigenvalue weighted by atomic mass is 32.2. The fourth-order valence-corrected chi connectivity index (χ4v) is 4.05. The Morgan fingerprint density at radius 3 is 2.76 bits per heavy atom. The minimum absolute atomic E-state index is 0.0298. The zero-order chi connectivity index (χ0) is 15.6. The first kappa shape index (κ1) is 15.9. The Bertz CT molecular complexity index is 787. The number of hydrogen-bond acceptors (Lipinski definition) is 6. The van der Waals surface area contributed by atoms with Gasteiger partial charge in [-0.3, -0.25) is 9.48 Å². The van der Waals surface area contributed by atoms with Crippen molar-refractivity contribution in [3.63, 3.8) is 0 Å². The van der Waals surface area contributed by atoms with Crippen LogP contribution in [0.3, 0.4) is 0 Å². The van der Waals surface area contributed by atoms with Crippen molar-refractivity contribution in [2.45, 2.75) is 31.8 Å². The SMILES string of the molecule is Cc1nn(CCN)c(C)c1S(=O)(=O)NCc1csc(=O)[nH]1. The molecule has 0 saturated carbocycles. The molecule has 0 atom stereocenters. The Balaban J connectivity index is 2.25. The number of aryl methyl sites for hydroxylation is 1. The van der Waals surface area contributed by atoms with E-state index in [1.54, 1.807) is 23.9 Å². The van der Waals surface area contributed by atoms with Gasteiger partial charge >= 0.3 is 4.87 Å². The lowest BCUT2D eigenvalue weighted by atomic mass is 10.4. The van der Waals surface area contributed by atoms with Gasteiger partial charge in [-0.15, -0.1) is 0 Å². The molecular weight excluding hydrogens is 314 g/mol. The monoisotopic (exact) mass is 331 g/mol. The summed E-state index contributed by atoms with van der Waals surface area (Å²) in [5.41, 5.74) is 6.97. The fourth-order valence-electron chi connectivity index (χ4n) is 2.05. The summed E-state index contributed by atoms with van der Waals surface area (Å²) in [5.74, 6) is 0. The summed E-state index contributed by atoms with van der Waals surface area (Å²) in [4.78, 5) is 13.5. The summed E-state index contributed by atoms with van der Waals surface area (Å²) in [7, 11) is -3.70. The van der Waals surface area contributed by atoms with Crippen molar-refractivity contribution in [2.75, 3.05) is 6.54 Å². The van der Waals surface area contributed by atoms with Gasteiger partial charge in [-0.25, -0.2) is 13.1 Å². The molecule has 2 rings (SSSR count). The zero-order valence-electron chi connectivity index (χ0n) is 11.7. The lowest BCUT2D eigenvalue weighted by Gasteiger charge is -2.06. The van der Waals surface area contributed by atoms with Crippen LogP contribution in [0.25, 0.3) is 0 Å². The number of nitrogens with two attached hydrogens (primary N) is 1. The topological polar surface area (TPSA) is 123 Å². The standard InChI is InChI=1S/C11H17N5O3S2/c1-7-10(8(2)16(15-7)4-3-12)21(18,19)13-5-9-6-20-11(17)14-9/h6,13H,3-5,12H2,1-2H3,(H,14,17). The number of rotatable bonds is 6. The predicted octanol–water partition coefficient (Wildman–Crippen LogP) is -0.313. The molecule has 4 N–H and O–H groups in total. The van der Waals surface area contributed by atoms with E-state index in [4.69, 9.17) is 5.73 Å². The van der Waals surface area contributed by atoms with Crippen LogP contribution in [-0.2, 0) is 23.1 Å². The summed E-state index contributed by atoms with van der Waals surface area (Å²) in [5, 5.41) is 5.77. The molecule has 2 aromatic heterocycles. The third kappa shape index (κ3) is 3.40. The van der Waals surface area contributed by atoms with Crippen molar-refractivity contribution in [3.05, 3.63) is 32.1 Å². The predicted molar refractivity (Wildman–Crippen MR) is 79.7 cm³/mol. The van der Waals surface area contributed by atoms with E-state index in [9.17, 15) is 13.2 Å². The van der Waals surface area contributed by atoms with Gasteiger partial charge in [-0.05, 0) is 13.8 Å². The summed E-state index contributed by atoms with van der Waals surface area (Å²) in [6.07, 6.45) is 0. The van der Waals surface area contributed by atoms with Gasteiger partial charge in [0.2, 0.25) is 10.0 Å². The van der Waals surface area contributed by atoms with Crippen molar-refractivity contribution in [2.24, 2.45) is 5.73 Å². The van der Waals surface area contributed by atoms with Crippen LogP contribution in [0.2, 0.25) is 0 Å². The van der Waals surface area contributed by atoms with E-state index in [-0.39, 0.29) is 16.3 Å². The first-order valence-electron chi connectivity index (χ1n) is 6.25. The highest BCUT2D eigenvalue weighted by molar-refractivity contribution is 7.89. The quantitative estimate of drug-likeness (QED) is 0.670. The molecule has 8 nitrogen and oxygen atoms in total. The van der Waals surface area contributed by atoms with E-state index in [0.29, 0.717) is 30.2 Å². The summed E-state index contributed by atoms with van der Waals surface area (Å²) >= 11 is 0.992. The van der Waals surface area contributed by atoms with Crippen LogP contribution >= 0.6 is 11.3 Å². The Labute approximate surface area is 126 Å². The molecule has 0 bridgehead atoms. The van der Waals surface area contributed by atoms with Crippen molar-refractivity contribution >= 4 is 21.4 Å². The second-order valence-corrected chi connectivity index (χ2v) is 7.06. The Morgan fingerprint density at radius 2 is 2.19 bits per heavy atom. The second kappa shape index (κ2) is 6.10. The van der Waals surface area contributed by atoms with Crippen LogP contribution in [0.5, 0.6) is 0 Å². The van der Waals surface area contributed by atoms with Crippen LogP contribution in [0, 0.1) is 13.8 Å². The smallest absolute Gasteiger partial charge is 0.304 e. The van der Waals surface area contributed by atoms with Crippen LogP contribution in [0.15, 0.2) is 15.1 Å². The van der Waals surface area contributed by atoms with E-state index in [0.717, 1.165) is 11.3 Å². The Morgan fingerprint density at radius 1 is 1.48 bits per heavy atom. The van der Waals surface area contributed by atoms with Crippen molar-refractivity contribution in [3.8, 4) is 0 Å². The van der Waals surface area contributed by atoms with Gasteiger partial charge in [0, 0.05) is 17.6 Å². The third-order valence-corrected chi connectivity index (χ3v) is 5.32. The minimum atomic E-state index is -3.70. The number of H-pyrrole nitrogens is 1. The largest absolute Gasteiger partial charge is 0.329 e. The first-order chi connectivity index (χ1) is 9.85. The van der Waals surface area contributed by atoms with Crippen LogP contribution in [0.1, 0.15) is 17.1 Å². The molecule has 0 unspecified atom stereocenters. The van der Waals surface area contributed by atoms with Gasteiger partial charge in [0.15, 0.2) is 0 Å². The zero-order valence-corrected chi connectivity index (χ0v) is 13.3. The number of nitrogens with zero attached hydrogens (tertiary/aromatic N) is 2. The molecule has 0 spiro atoms. The van der Waals surface area contributed by atoms with Crippen molar-refractivity contribution in [1.82, 2.24) is 19.5 Å². The van der Waals surface area contributed by atoms with Crippen LogP contribution in [0.4, 0.5) is 0 Å². The second-order valence-electron chi connectivity index (χ2n) is 4.51. The minimum Gasteiger partial charge on any atom is -0.329 e. The van der Waals surface area contributed by atoms with E-state index >= 15 is 0 Å². The van der Waals surface area contributed by atoms with Gasteiger partial charge in [-0.1, -0.05) is 11.3 Å². The van der Waals surface area contributed by atoms with E-state index in [1.165, 1.54) is 0 Å². The number of thiazole rings is 1. The van der Waals surface area contributed by atoms with Gasteiger partial charge in [0.05, 0.1) is 24.5 Å². The molecule has 2 aromatic rings. The highest BCUT2D eigenvalue weighted by Gasteiger charge is 2.24. The van der Waals surface area contributed by atoms with Crippen molar-refractivity contribution < 1.29 is 8.42 Å². The van der Waals surface area contributed by atoms with Gasteiger partial charge in [0.25, 0.3) is 0 Å². The molecule has 0 radical (unpaired) electrons. The summed E-state index contributed by atoms with van der Waals surface area (Å²) in [6, 6.07) is 0. The maximum absolute atomic E-state index is 12.4. The molecule has 0 aliphatic heterocycles. The van der Waals surface area contributed by atoms with Crippen LogP contribution in [-0.4, -0.2) is 29.7 Å². The Hall–Kier alpha value is -1.49. The van der Waals surface area contributed by atoms with E-state index in [1.807, 2.05) is 0 Å².